The molecule has 0 spiro atoms. The summed E-state index contributed by atoms with van der Waals surface area (Å²) in [4.78, 5) is 14.1. The van der Waals surface area contributed by atoms with Crippen LogP contribution in [0.3, 0.4) is 0 Å². The van der Waals surface area contributed by atoms with E-state index < -0.39 is 0 Å². The van der Waals surface area contributed by atoms with Gasteiger partial charge in [-0.1, -0.05) is 30.3 Å². The van der Waals surface area contributed by atoms with Crippen molar-refractivity contribution in [2.75, 3.05) is 19.0 Å². The van der Waals surface area contributed by atoms with Crippen LogP contribution in [0.4, 0.5) is 0 Å². The van der Waals surface area contributed by atoms with Crippen molar-refractivity contribution in [1.29, 1.82) is 0 Å². The van der Waals surface area contributed by atoms with Crippen molar-refractivity contribution in [1.82, 2.24) is 4.90 Å². The monoisotopic (exact) mass is 293 g/mol. The summed E-state index contributed by atoms with van der Waals surface area (Å²) in [6.07, 6.45) is 5.95. The van der Waals surface area contributed by atoms with Gasteiger partial charge in [0.15, 0.2) is 0 Å². The van der Waals surface area contributed by atoms with E-state index in [-0.39, 0.29) is 0 Å². The van der Waals surface area contributed by atoms with Crippen LogP contribution in [-0.4, -0.2) is 29.8 Å². The third-order valence-corrected chi connectivity index (χ3v) is 4.38. The molecule has 1 aromatic rings. The van der Waals surface area contributed by atoms with Crippen LogP contribution < -0.4 is 0 Å². The molecular formula is C17H24ClNO. The van der Waals surface area contributed by atoms with Crippen molar-refractivity contribution in [3.63, 3.8) is 0 Å². The Labute approximate surface area is 127 Å². The van der Waals surface area contributed by atoms with Gasteiger partial charge < -0.3 is 4.90 Å². The van der Waals surface area contributed by atoms with Gasteiger partial charge in [0, 0.05) is 25.4 Å². The predicted molar refractivity (Wildman–Crippen MR) is 84.0 cm³/mol. The number of nitrogens with zero attached hydrogens (tertiary/aromatic N) is 1. The summed E-state index contributed by atoms with van der Waals surface area (Å²) < 4.78 is 0. The van der Waals surface area contributed by atoms with E-state index in [9.17, 15) is 4.79 Å². The standard InChI is InChI=1S/C17H24ClNO/c18-11-5-4-8-17(20)19-12-9-16(10-13-19)14-15-6-2-1-3-7-15/h1-3,6-7,16H,4-5,8-14H2. The molecule has 0 atom stereocenters. The topological polar surface area (TPSA) is 20.3 Å². The molecule has 0 saturated carbocycles. The summed E-state index contributed by atoms with van der Waals surface area (Å²) in [6.45, 7) is 1.86. The maximum absolute atomic E-state index is 12.0. The minimum Gasteiger partial charge on any atom is -0.343 e. The van der Waals surface area contributed by atoms with Crippen molar-refractivity contribution in [3.8, 4) is 0 Å². The second-order valence-corrected chi connectivity index (χ2v) is 6.04. The number of likely N-dealkylation sites (tertiary alicyclic amines) is 1. The number of amides is 1. The van der Waals surface area contributed by atoms with Crippen molar-refractivity contribution >= 4 is 17.5 Å². The van der Waals surface area contributed by atoms with Gasteiger partial charge >= 0.3 is 0 Å². The summed E-state index contributed by atoms with van der Waals surface area (Å²) in [6, 6.07) is 10.7. The largest absolute Gasteiger partial charge is 0.343 e. The molecule has 1 amide bonds. The number of hydrogen-bond donors (Lipinski definition) is 0. The molecule has 0 aromatic heterocycles. The molecule has 3 heteroatoms. The number of alkyl halides is 1. The molecule has 0 aliphatic carbocycles. The second kappa shape index (κ2) is 8.31. The van der Waals surface area contributed by atoms with E-state index in [1.54, 1.807) is 0 Å². The van der Waals surface area contributed by atoms with E-state index in [1.807, 2.05) is 4.90 Å². The van der Waals surface area contributed by atoms with Gasteiger partial charge in [-0.05, 0) is 43.6 Å². The van der Waals surface area contributed by atoms with Crippen LogP contribution in [-0.2, 0) is 11.2 Å². The molecule has 1 aromatic carbocycles. The third-order valence-electron chi connectivity index (χ3n) is 4.11. The van der Waals surface area contributed by atoms with Crippen LogP contribution in [0.2, 0.25) is 0 Å². The lowest BCUT2D eigenvalue weighted by Gasteiger charge is -2.32. The van der Waals surface area contributed by atoms with E-state index in [2.05, 4.69) is 30.3 Å². The Kier molecular flexibility index (Phi) is 6.38. The number of hydrogen-bond acceptors (Lipinski definition) is 1. The van der Waals surface area contributed by atoms with Crippen molar-refractivity contribution in [2.24, 2.45) is 5.92 Å². The number of carbonyl (C=O) groups excluding carboxylic acids is 1. The van der Waals surface area contributed by atoms with Gasteiger partial charge in [-0.15, -0.1) is 11.6 Å². The Morgan fingerprint density at radius 2 is 1.85 bits per heavy atom. The van der Waals surface area contributed by atoms with Crippen LogP contribution in [0.5, 0.6) is 0 Å². The highest BCUT2D eigenvalue weighted by Crippen LogP contribution is 2.22. The van der Waals surface area contributed by atoms with Gasteiger partial charge in [0.05, 0.1) is 0 Å². The Morgan fingerprint density at radius 1 is 1.15 bits per heavy atom. The van der Waals surface area contributed by atoms with Crippen molar-refractivity contribution in [2.45, 2.75) is 38.5 Å². The number of unbranched alkanes of at least 4 members (excludes halogenated alkanes) is 1. The average Bonchev–Trinajstić information content (AvgIpc) is 2.49. The summed E-state index contributed by atoms with van der Waals surface area (Å²) in [5.74, 6) is 1.70. The quantitative estimate of drug-likeness (QED) is 0.576. The molecule has 1 aliphatic rings. The first-order chi connectivity index (χ1) is 9.79. The summed E-state index contributed by atoms with van der Waals surface area (Å²) in [7, 11) is 0. The van der Waals surface area contributed by atoms with Gasteiger partial charge in [-0.3, -0.25) is 4.79 Å². The number of piperidine rings is 1. The number of benzene rings is 1. The number of rotatable bonds is 6. The zero-order valence-electron chi connectivity index (χ0n) is 12.1. The molecule has 0 N–H and O–H groups in total. The first kappa shape index (κ1) is 15.4. The highest BCUT2D eigenvalue weighted by molar-refractivity contribution is 6.17. The van der Waals surface area contributed by atoms with Crippen LogP contribution in [0.1, 0.15) is 37.7 Å². The summed E-state index contributed by atoms with van der Waals surface area (Å²) in [5, 5.41) is 0. The fourth-order valence-electron chi connectivity index (χ4n) is 2.86. The smallest absolute Gasteiger partial charge is 0.222 e. The number of halogens is 1. The normalized spacial score (nSPS) is 16.4. The minimum absolute atomic E-state index is 0.313. The summed E-state index contributed by atoms with van der Waals surface area (Å²) in [5.41, 5.74) is 1.42. The van der Waals surface area contributed by atoms with Crippen LogP contribution in [0, 0.1) is 5.92 Å². The fourth-order valence-corrected chi connectivity index (χ4v) is 3.05. The van der Waals surface area contributed by atoms with Crippen molar-refractivity contribution < 1.29 is 4.79 Å². The summed E-state index contributed by atoms with van der Waals surface area (Å²) >= 11 is 5.64. The zero-order valence-corrected chi connectivity index (χ0v) is 12.8. The van der Waals surface area contributed by atoms with E-state index in [0.717, 1.165) is 51.1 Å². The number of carbonyl (C=O) groups is 1. The molecule has 20 heavy (non-hydrogen) atoms. The first-order valence-electron chi connectivity index (χ1n) is 7.67. The molecule has 110 valence electrons. The van der Waals surface area contributed by atoms with Gasteiger partial charge in [0.2, 0.25) is 5.91 Å². The molecular weight excluding hydrogens is 270 g/mol. The Bertz CT molecular complexity index is 399. The molecule has 2 rings (SSSR count). The Hall–Kier alpha value is -1.02. The van der Waals surface area contributed by atoms with Gasteiger partial charge in [-0.25, -0.2) is 0 Å². The molecule has 0 radical (unpaired) electrons. The molecule has 1 saturated heterocycles. The lowest BCUT2D eigenvalue weighted by Crippen LogP contribution is -2.38. The average molecular weight is 294 g/mol. The zero-order chi connectivity index (χ0) is 14.2. The van der Waals surface area contributed by atoms with E-state index in [1.165, 1.54) is 5.56 Å². The Balaban J connectivity index is 1.71. The van der Waals surface area contributed by atoms with E-state index in [0.29, 0.717) is 18.2 Å². The van der Waals surface area contributed by atoms with Gasteiger partial charge in [0.25, 0.3) is 0 Å². The third kappa shape index (κ3) is 4.82. The maximum Gasteiger partial charge on any atom is 0.222 e. The molecule has 2 nitrogen and oxygen atoms in total. The van der Waals surface area contributed by atoms with Crippen LogP contribution >= 0.6 is 11.6 Å². The van der Waals surface area contributed by atoms with Crippen LogP contribution in [0.15, 0.2) is 30.3 Å². The molecule has 1 fully saturated rings. The first-order valence-corrected chi connectivity index (χ1v) is 8.20. The van der Waals surface area contributed by atoms with Crippen molar-refractivity contribution in [3.05, 3.63) is 35.9 Å². The highest BCUT2D eigenvalue weighted by atomic mass is 35.5. The fraction of sp³-hybridized carbons (Fsp3) is 0.588. The molecule has 1 heterocycles. The molecule has 0 bridgehead atoms. The Morgan fingerprint density at radius 3 is 2.50 bits per heavy atom. The molecule has 0 unspecified atom stereocenters. The lowest BCUT2D eigenvalue weighted by molar-refractivity contribution is -0.132. The maximum atomic E-state index is 12.0. The predicted octanol–water partition coefficient (Wildman–Crippen LogP) is 3.88. The highest BCUT2D eigenvalue weighted by Gasteiger charge is 2.22. The van der Waals surface area contributed by atoms with Gasteiger partial charge in [0.1, 0.15) is 0 Å². The lowest BCUT2D eigenvalue weighted by atomic mass is 9.90. The van der Waals surface area contributed by atoms with Crippen LogP contribution in [0.25, 0.3) is 0 Å². The van der Waals surface area contributed by atoms with E-state index >= 15 is 0 Å². The van der Waals surface area contributed by atoms with E-state index in [4.69, 9.17) is 11.6 Å². The SMILES string of the molecule is O=C(CCCCCl)N1CCC(Cc2ccccc2)CC1. The second-order valence-electron chi connectivity index (χ2n) is 5.66. The minimum atomic E-state index is 0.313. The molecule has 1 aliphatic heterocycles. The van der Waals surface area contributed by atoms with Gasteiger partial charge in [-0.2, -0.15) is 0 Å².